The van der Waals surface area contributed by atoms with Crippen molar-refractivity contribution in [2.45, 2.75) is 0 Å². The summed E-state index contributed by atoms with van der Waals surface area (Å²) >= 11 is 11.9. The van der Waals surface area contributed by atoms with Gasteiger partial charge in [0.05, 0.1) is 32.3 Å². The first-order chi connectivity index (χ1) is 16.2. The van der Waals surface area contributed by atoms with Crippen LogP contribution < -0.4 is 10.9 Å². The van der Waals surface area contributed by atoms with Crippen LogP contribution in [0.4, 0.5) is 11.4 Å². The third-order valence-corrected chi connectivity index (χ3v) is 4.14. The number of nitrogens with one attached hydrogen (secondary N) is 2. The number of hydrazone groups is 2. The Kier molecular flexibility index (Phi) is 9.56. The van der Waals surface area contributed by atoms with Crippen LogP contribution in [-0.4, -0.2) is 34.1 Å². The van der Waals surface area contributed by atoms with Gasteiger partial charge in [0.25, 0.3) is 11.4 Å². The summed E-state index contributed by atoms with van der Waals surface area (Å²) in [6.45, 7) is 0. The van der Waals surface area contributed by atoms with E-state index >= 15 is 0 Å². The van der Waals surface area contributed by atoms with E-state index in [0.717, 1.165) is 12.4 Å². The number of nitrogens with zero attached hydrogens (tertiary/aromatic N) is 4. The normalized spacial score (nSPS) is 12.1. The van der Waals surface area contributed by atoms with Crippen LogP contribution in [0.3, 0.4) is 0 Å². The van der Waals surface area contributed by atoms with E-state index in [0.29, 0.717) is 11.1 Å². The van der Waals surface area contributed by atoms with Gasteiger partial charge < -0.3 is 0 Å². The predicted octanol–water partition coefficient (Wildman–Crippen LogP) is 3.57. The first-order valence-electron chi connectivity index (χ1n) is 9.05. The Morgan fingerprint density at radius 1 is 0.706 bits per heavy atom. The average Bonchev–Trinajstić information content (AvgIpc) is 2.79. The van der Waals surface area contributed by atoms with Gasteiger partial charge >= 0.3 is 11.8 Å². The molecule has 14 heteroatoms. The Morgan fingerprint density at radius 2 is 1.03 bits per heavy atom. The molecule has 0 aromatic heterocycles. The summed E-state index contributed by atoms with van der Waals surface area (Å²) in [5, 5.41) is 28.5. The van der Waals surface area contributed by atoms with Crippen molar-refractivity contribution in [2.75, 3.05) is 0 Å². The molecule has 34 heavy (non-hydrogen) atoms. The highest BCUT2D eigenvalue weighted by molar-refractivity contribution is 6.42. The fourth-order valence-corrected chi connectivity index (χ4v) is 2.53. The second-order valence-electron chi connectivity index (χ2n) is 6.15. The maximum absolute atomic E-state index is 11.7. The number of allylic oxidation sites excluding steroid dienone is 2. The van der Waals surface area contributed by atoms with Crippen molar-refractivity contribution in [2.24, 2.45) is 10.2 Å². The number of benzene rings is 2. The third kappa shape index (κ3) is 8.61. The number of nitro groups is 2. The highest BCUT2D eigenvalue weighted by Gasteiger charge is 2.11. The quantitative estimate of drug-likeness (QED) is 0.241. The topological polar surface area (TPSA) is 169 Å². The molecule has 0 unspecified atom stereocenters. The number of hydrogen-bond acceptors (Lipinski definition) is 8. The number of hydrogen-bond donors (Lipinski definition) is 2. The van der Waals surface area contributed by atoms with Gasteiger partial charge in [-0.2, -0.15) is 10.2 Å². The van der Waals surface area contributed by atoms with Gasteiger partial charge in [0.15, 0.2) is 0 Å². The third-order valence-electron chi connectivity index (χ3n) is 3.73. The van der Waals surface area contributed by atoms with Crippen LogP contribution >= 0.6 is 23.2 Å². The van der Waals surface area contributed by atoms with E-state index in [9.17, 15) is 29.8 Å². The molecule has 0 radical (unpaired) electrons. The van der Waals surface area contributed by atoms with Crippen molar-refractivity contribution in [1.29, 1.82) is 0 Å². The van der Waals surface area contributed by atoms with E-state index in [-0.39, 0.29) is 21.4 Å². The number of nitro benzene ring substituents is 2. The Balaban J connectivity index is 1.84. The molecule has 2 aromatic carbocycles. The molecule has 0 atom stereocenters. The van der Waals surface area contributed by atoms with E-state index in [1.165, 1.54) is 60.7 Å². The van der Waals surface area contributed by atoms with E-state index in [2.05, 4.69) is 10.2 Å². The molecule has 2 N–H and O–H groups in total. The Bertz CT molecular complexity index is 1110. The molecule has 2 aromatic rings. The van der Waals surface area contributed by atoms with Crippen molar-refractivity contribution in [3.05, 3.63) is 90.0 Å². The van der Waals surface area contributed by atoms with Gasteiger partial charge in [-0.05, 0) is 47.5 Å². The van der Waals surface area contributed by atoms with E-state index in [1.807, 2.05) is 10.9 Å². The van der Waals surface area contributed by atoms with Crippen LogP contribution in [0, 0.1) is 20.2 Å². The van der Waals surface area contributed by atoms with Crippen molar-refractivity contribution in [3.63, 3.8) is 0 Å². The molecule has 174 valence electrons. The lowest BCUT2D eigenvalue weighted by molar-refractivity contribution is -0.385. The van der Waals surface area contributed by atoms with Gasteiger partial charge in [0.1, 0.15) is 0 Å². The van der Waals surface area contributed by atoms with Crippen molar-refractivity contribution >= 4 is 71.0 Å². The van der Waals surface area contributed by atoms with Gasteiger partial charge in [0, 0.05) is 24.3 Å². The molecule has 0 spiro atoms. The Labute approximate surface area is 201 Å². The van der Waals surface area contributed by atoms with Crippen LogP contribution in [0.5, 0.6) is 0 Å². The number of amides is 2. The van der Waals surface area contributed by atoms with Crippen LogP contribution in [0.25, 0.3) is 12.2 Å². The number of non-ortho nitro benzene ring substituents is 2. The van der Waals surface area contributed by atoms with Crippen molar-refractivity contribution < 1.29 is 19.4 Å². The minimum atomic E-state index is -1.14. The van der Waals surface area contributed by atoms with Gasteiger partial charge in [-0.3, -0.25) is 29.8 Å². The van der Waals surface area contributed by atoms with E-state index in [4.69, 9.17) is 23.2 Å². The molecule has 2 amide bonds. The Morgan fingerprint density at radius 3 is 1.32 bits per heavy atom. The summed E-state index contributed by atoms with van der Waals surface area (Å²) in [4.78, 5) is 43.6. The summed E-state index contributed by atoms with van der Waals surface area (Å²) in [5.41, 5.74) is 4.84. The smallest absolute Gasteiger partial charge is 0.262 e. The van der Waals surface area contributed by atoms with Crippen LogP contribution in [0.2, 0.25) is 0 Å². The molecule has 0 saturated carbocycles. The zero-order chi connectivity index (χ0) is 25.1. The zero-order valence-electron chi connectivity index (χ0n) is 16.9. The molecule has 0 heterocycles. The maximum Gasteiger partial charge on any atom is 0.331 e. The second kappa shape index (κ2) is 12.6. The van der Waals surface area contributed by atoms with Gasteiger partial charge in [-0.15, -0.1) is 0 Å². The number of rotatable bonds is 8. The lowest BCUT2D eigenvalue weighted by Gasteiger charge is -1.98. The summed E-state index contributed by atoms with van der Waals surface area (Å²) in [5.74, 6) is -2.27. The standard InChI is InChI=1S/C20H14Cl2N6O6/c21-15(9-13-1-5-17(6-2-13)27(31)32)11-23-25-19(29)20(30)26-24-12-16(22)10-14-3-7-18(8-4-14)28(33)34/h1-12H,(H,25,29)(H,26,30). The maximum atomic E-state index is 11.7. The largest absolute Gasteiger partial charge is 0.331 e. The number of carbonyl (C=O) groups excluding carboxylic acids is 2. The highest BCUT2D eigenvalue weighted by atomic mass is 35.5. The van der Waals surface area contributed by atoms with Crippen LogP contribution in [0.15, 0.2) is 68.8 Å². The molecule has 12 nitrogen and oxygen atoms in total. The van der Waals surface area contributed by atoms with E-state index in [1.54, 1.807) is 0 Å². The van der Waals surface area contributed by atoms with Gasteiger partial charge in [0.2, 0.25) is 0 Å². The molecule has 2 rings (SSSR count). The SMILES string of the molecule is O=C(NN=CC(Cl)=Cc1ccc([N+](=O)[O-])cc1)C(=O)NN=CC(Cl)=Cc1ccc([N+](=O)[O-])cc1. The van der Waals surface area contributed by atoms with Gasteiger partial charge in [-0.25, -0.2) is 10.9 Å². The molecule has 0 saturated heterocycles. The summed E-state index contributed by atoms with van der Waals surface area (Å²) in [6.07, 6.45) is 4.98. The molecular weight excluding hydrogens is 491 g/mol. The fraction of sp³-hybridized carbons (Fsp3) is 0. The molecule has 0 aliphatic heterocycles. The first kappa shape index (κ1) is 25.8. The molecule has 0 aliphatic rings. The van der Waals surface area contributed by atoms with Crippen LogP contribution in [-0.2, 0) is 9.59 Å². The zero-order valence-corrected chi connectivity index (χ0v) is 18.4. The fourth-order valence-electron chi connectivity index (χ4n) is 2.18. The average molecular weight is 505 g/mol. The minimum Gasteiger partial charge on any atom is -0.262 e. The Hall–Kier alpha value is -4.42. The summed E-state index contributed by atoms with van der Waals surface area (Å²) in [6, 6.07) is 11.1. The van der Waals surface area contributed by atoms with Crippen molar-refractivity contribution in [3.8, 4) is 0 Å². The van der Waals surface area contributed by atoms with E-state index < -0.39 is 21.7 Å². The van der Waals surface area contributed by atoms with Gasteiger partial charge in [-0.1, -0.05) is 23.2 Å². The van der Waals surface area contributed by atoms with Crippen molar-refractivity contribution in [1.82, 2.24) is 10.9 Å². The second-order valence-corrected chi connectivity index (χ2v) is 7.03. The monoisotopic (exact) mass is 504 g/mol. The molecular formula is C20H14Cl2N6O6. The molecule has 0 aliphatic carbocycles. The lowest BCUT2D eigenvalue weighted by Crippen LogP contribution is -2.35. The number of halogens is 2. The minimum absolute atomic E-state index is 0.0778. The lowest BCUT2D eigenvalue weighted by atomic mass is 10.2. The predicted molar refractivity (Wildman–Crippen MR) is 127 cm³/mol. The first-order valence-corrected chi connectivity index (χ1v) is 9.81. The summed E-state index contributed by atoms with van der Waals surface area (Å²) in [7, 11) is 0. The summed E-state index contributed by atoms with van der Waals surface area (Å²) < 4.78 is 0. The molecule has 0 bridgehead atoms. The highest BCUT2D eigenvalue weighted by Crippen LogP contribution is 2.16. The number of carbonyl (C=O) groups is 2. The molecule has 0 fully saturated rings. The van der Waals surface area contributed by atoms with Crippen LogP contribution in [0.1, 0.15) is 11.1 Å².